The lowest BCUT2D eigenvalue weighted by Gasteiger charge is -2.10. The average molecular weight is 216 g/mol. The average Bonchev–Trinajstić information content (AvgIpc) is 2.17. The van der Waals surface area contributed by atoms with Gasteiger partial charge in [0.2, 0.25) is 0 Å². The van der Waals surface area contributed by atoms with Crippen LogP contribution in [0.15, 0.2) is 0 Å². The molecule has 0 spiro atoms. The molecule has 90 valence electrons. The summed E-state index contributed by atoms with van der Waals surface area (Å²) in [4.78, 5) is 13.2. The van der Waals surface area contributed by atoms with Crippen molar-refractivity contribution in [2.45, 2.75) is 26.2 Å². The molecule has 0 heterocycles. The zero-order valence-electron chi connectivity index (χ0n) is 10.2. The van der Waals surface area contributed by atoms with Crippen molar-refractivity contribution in [3.8, 4) is 0 Å². The van der Waals surface area contributed by atoms with Gasteiger partial charge in [-0.2, -0.15) is 0 Å². The van der Waals surface area contributed by atoms with Crippen LogP contribution < -0.4 is 5.32 Å². The molecule has 0 aromatic carbocycles. The summed E-state index contributed by atoms with van der Waals surface area (Å²) in [5.74, 6) is -0.110. The zero-order chi connectivity index (χ0) is 11.5. The molecular formula is C11H24N2O2. The summed E-state index contributed by atoms with van der Waals surface area (Å²) in [7, 11) is 3.92. The smallest absolute Gasteiger partial charge is 0.307 e. The molecule has 0 aromatic heterocycles. The highest BCUT2D eigenvalue weighted by Crippen LogP contribution is 1.87. The number of rotatable bonds is 9. The summed E-state index contributed by atoms with van der Waals surface area (Å²) in [6, 6.07) is 0. The van der Waals surface area contributed by atoms with E-state index in [1.807, 2.05) is 19.0 Å². The number of carbonyl (C=O) groups is 1. The van der Waals surface area contributed by atoms with Crippen molar-refractivity contribution in [1.29, 1.82) is 0 Å². The van der Waals surface area contributed by atoms with Crippen molar-refractivity contribution in [2.24, 2.45) is 0 Å². The Bertz CT molecular complexity index is 161. The highest BCUT2D eigenvalue weighted by Gasteiger charge is 2.01. The summed E-state index contributed by atoms with van der Waals surface area (Å²) in [5, 5.41) is 3.21. The molecule has 0 aliphatic carbocycles. The van der Waals surface area contributed by atoms with Crippen molar-refractivity contribution in [1.82, 2.24) is 10.2 Å². The van der Waals surface area contributed by atoms with Gasteiger partial charge in [-0.3, -0.25) is 4.79 Å². The molecule has 0 amide bonds. The first kappa shape index (κ1) is 14.4. The zero-order valence-corrected chi connectivity index (χ0v) is 10.2. The lowest BCUT2D eigenvalue weighted by atomic mass is 10.3. The maximum absolute atomic E-state index is 11.2. The number of hydrogen-bond acceptors (Lipinski definition) is 4. The van der Waals surface area contributed by atoms with Crippen LogP contribution in [-0.4, -0.2) is 51.2 Å². The normalized spacial score (nSPS) is 10.7. The molecule has 0 unspecified atom stereocenters. The Morgan fingerprint density at radius 1 is 1.33 bits per heavy atom. The summed E-state index contributed by atoms with van der Waals surface area (Å²) in [6.45, 7) is 5.13. The van der Waals surface area contributed by atoms with Crippen LogP contribution in [0.3, 0.4) is 0 Å². The van der Waals surface area contributed by atoms with Crippen LogP contribution in [0, 0.1) is 0 Å². The van der Waals surface area contributed by atoms with Crippen molar-refractivity contribution in [3.05, 3.63) is 0 Å². The second-order valence-electron chi connectivity index (χ2n) is 3.88. The molecule has 0 atom stereocenters. The van der Waals surface area contributed by atoms with Crippen molar-refractivity contribution >= 4 is 5.97 Å². The maximum atomic E-state index is 11.2. The van der Waals surface area contributed by atoms with E-state index in [2.05, 4.69) is 12.2 Å². The third-order valence-corrected chi connectivity index (χ3v) is 2.01. The van der Waals surface area contributed by atoms with E-state index in [-0.39, 0.29) is 5.97 Å². The number of likely N-dealkylation sites (N-methyl/N-ethyl adjacent to an activating group) is 1. The Hall–Kier alpha value is -0.610. The molecule has 15 heavy (non-hydrogen) atoms. The minimum atomic E-state index is -0.110. The van der Waals surface area contributed by atoms with Crippen molar-refractivity contribution in [3.63, 3.8) is 0 Å². The minimum Gasteiger partial charge on any atom is -0.464 e. The topological polar surface area (TPSA) is 41.6 Å². The van der Waals surface area contributed by atoms with Crippen LogP contribution in [0.5, 0.6) is 0 Å². The van der Waals surface area contributed by atoms with Crippen LogP contribution >= 0.6 is 0 Å². The van der Waals surface area contributed by atoms with E-state index in [4.69, 9.17) is 4.74 Å². The molecule has 0 aromatic rings. The lowest BCUT2D eigenvalue weighted by molar-refractivity contribution is -0.143. The molecular weight excluding hydrogens is 192 g/mol. The predicted octanol–water partition coefficient (Wildman–Crippen LogP) is 0.871. The summed E-state index contributed by atoms with van der Waals surface area (Å²) < 4.78 is 5.04. The monoisotopic (exact) mass is 216 g/mol. The largest absolute Gasteiger partial charge is 0.464 e. The van der Waals surface area contributed by atoms with E-state index in [1.165, 1.54) is 6.42 Å². The fraction of sp³-hybridized carbons (Fsp3) is 0.909. The first-order chi connectivity index (χ1) is 7.16. The van der Waals surface area contributed by atoms with E-state index in [0.717, 1.165) is 26.1 Å². The number of unbranched alkanes of at least 4 members (excludes halogenated alkanes) is 1. The second-order valence-corrected chi connectivity index (χ2v) is 3.88. The van der Waals surface area contributed by atoms with E-state index in [9.17, 15) is 4.79 Å². The Balaban J connectivity index is 3.19. The highest BCUT2D eigenvalue weighted by atomic mass is 16.5. The van der Waals surface area contributed by atoms with E-state index in [1.54, 1.807) is 0 Å². The number of esters is 1. The van der Waals surface area contributed by atoms with Gasteiger partial charge in [0.15, 0.2) is 0 Å². The third kappa shape index (κ3) is 11.3. The molecule has 0 rings (SSSR count). The van der Waals surface area contributed by atoms with Gasteiger partial charge in [0.1, 0.15) is 6.61 Å². The maximum Gasteiger partial charge on any atom is 0.307 e. The van der Waals surface area contributed by atoms with Gasteiger partial charge in [0, 0.05) is 13.1 Å². The SMILES string of the molecule is CCCCNCCC(=O)OCCN(C)C. The first-order valence-corrected chi connectivity index (χ1v) is 5.68. The Morgan fingerprint density at radius 3 is 2.67 bits per heavy atom. The molecule has 1 N–H and O–H groups in total. The van der Waals surface area contributed by atoms with Crippen LogP contribution in [0.4, 0.5) is 0 Å². The fourth-order valence-electron chi connectivity index (χ4n) is 1.03. The molecule has 0 bridgehead atoms. The lowest BCUT2D eigenvalue weighted by Crippen LogP contribution is -2.23. The third-order valence-electron chi connectivity index (χ3n) is 2.01. The minimum absolute atomic E-state index is 0.110. The summed E-state index contributed by atoms with van der Waals surface area (Å²) in [6.07, 6.45) is 2.81. The molecule has 4 nitrogen and oxygen atoms in total. The summed E-state index contributed by atoms with van der Waals surface area (Å²) in [5.41, 5.74) is 0. The molecule has 0 radical (unpaired) electrons. The number of nitrogens with zero attached hydrogens (tertiary/aromatic N) is 1. The predicted molar refractivity (Wildman–Crippen MR) is 61.9 cm³/mol. The molecule has 0 saturated carbocycles. The Labute approximate surface area is 93.0 Å². The van der Waals surface area contributed by atoms with Gasteiger partial charge in [-0.25, -0.2) is 0 Å². The molecule has 0 aliphatic rings. The van der Waals surface area contributed by atoms with Gasteiger partial charge < -0.3 is 15.0 Å². The number of carbonyl (C=O) groups excluding carboxylic acids is 1. The Kier molecular flexibility index (Phi) is 9.52. The van der Waals surface area contributed by atoms with Gasteiger partial charge in [-0.15, -0.1) is 0 Å². The van der Waals surface area contributed by atoms with E-state index < -0.39 is 0 Å². The van der Waals surface area contributed by atoms with Crippen LogP contribution in [-0.2, 0) is 9.53 Å². The highest BCUT2D eigenvalue weighted by molar-refractivity contribution is 5.69. The fourth-order valence-corrected chi connectivity index (χ4v) is 1.03. The summed E-state index contributed by atoms with van der Waals surface area (Å²) >= 11 is 0. The number of ether oxygens (including phenoxy) is 1. The van der Waals surface area contributed by atoms with Crippen LogP contribution in [0.2, 0.25) is 0 Å². The van der Waals surface area contributed by atoms with E-state index in [0.29, 0.717) is 13.0 Å². The molecule has 0 saturated heterocycles. The number of nitrogens with one attached hydrogen (secondary N) is 1. The molecule has 0 aliphatic heterocycles. The number of hydrogen-bond donors (Lipinski definition) is 1. The standard InChI is InChI=1S/C11H24N2O2/c1-4-5-7-12-8-6-11(14)15-10-9-13(2)3/h12H,4-10H2,1-3H3. The van der Waals surface area contributed by atoms with Gasteiger partial charge in [-0.05, 0) is 27.1 Å². The van der Waals surface area contributed by atoms with Gasteiger partial charge >= 0.3 is 5.97 Å². The quantitative estimate of drug-likeness (QED) is 0.459. The Morgan fingerprint density at radius 2 is 2.07 bits per heavy atom. The van der Waals surface area contributed by atoms with Gasteiger partial charge in [0.25, 0.3) is 0 Å². The molecule has 0 fully saturated rings. The first-order valence-electron chi connectivity index (χ1n) is 5.68. The van der Waals surface area contributed by atoms with Gasteiger partial charge in [-0.1, -0.05) is 13.3 Å². The van der Waals surface area contributed by atoms with Crippen molar-refractivity contribution < 1.29 is 9.53 Å². The van der Waals surface area contributed by atoms with Crippen LogP contribution in [0.1, 0.15) is 26.2 Å². The van der Waals surface area contributed by atoms with E-state index >= 15 is 0 Å². The molecule has 4 heteroatoms. The van der Waals surface area contributed by atoms with Crippen LogP contribution in [0.25, 0.3) is 0 Å². The second kappa shape index (κ2) is 9.93. The van der Waals surface area contributed by atoms with Gasteiger partial charge in [0.05, 0.1) is 6.42 Å². The van der Waals surface area contributed by atoms with Crippen molar-refractivity contribution in [2.75, 3.05) is 40.3 Å².